The van der Waals surface area contributed by atoms with Crippen LogP contribution >= 0.6 is 11.3 Å². The molecular formula is C15H25NOS. The van der Waals surface area contributed by atoms with Crippen molar-refractivity contribution in [2.75, 3.05) is 6.61 Å². The lowest BCUT2D eigenvalue weighted by molar-refractivity contribution is 0.0102. The molecule has 3 heteroatoms. The van der Waals surface area contributed by atoms with E-state index in [-0.39, 0.29) is 12.1 Å². The zero-order valence-electron chi connectivity index (χ0n) is 11.5. The van der Waals surface area contributed by atoms with Crippen LogP contribution in [0.1, 0.15) is 54.9 Å². The van der Waals surface area contributed by atoms with E-state index in [0.29, 0.717) is 0 Å². The normalized spacial score (nSPS) is 20.8. The Labute approximate surface area is 115 Å². The van der Waals surface area contributed by atoms with E-state index < -0.39 is 0 Å². The molecule has 0 aromatic carbocycles. The predicted octanol–water partition coefficient (Wildman–Crippen LogP) is 4.04. The van der Waals surface area contributed by atoms with E-state index in [2.05, 4.69) is 19.1 Å². The molecule has 2 nitrogen and oxygen atoms in total. The molecule has 1 fully saturated rings. The van der Waals surface area contributed by atoms with Crippen molar-refractivity contribution >= 4 is 11.3 Å². The van der Waals surface area contributed by atoms with Crippen molar-refractivity contribution in [3.05, 3.63) is 21.9 Å². The lowest BCUT2D eigenvalue weighted by Crippen LogP contribution is -2.28. The lowest BCUT2D eigenvalue weighted by atomic mass is 9.90. The minimum Gasteiger partial charge on any atom is -0.371 e. The summed E-state index contributed by atoms with van der Waals surface area (Å²) >= 11 is 1.81. The maximum absolute atomic E-state index is 6.13. The summed E-state index contributed by atoms with van der Waals surface area (Å²) in [4.78, 5) is 2.61. The van der Waals surface area contributed by atoms with Crippen molar-refractivity contribution in [3.63, 3.8) is 0 Å². The van der Waals surface area contributed by atoms with Gasteiger partial charge in [-0.3, -0.25) is 0 Å². The van der Waals surface area contributed by atoms with Crippen LogP contribution in [0.3, 0.4) is 0 Å². The zero-order valence-corrected chi connectivity index (χ0v) is 12.3. The average Bonchev–Trinajstić information content (AvgIpc) is 2.77. The SMILES string of the molecule is Cc1ccc(C(OCC2CCCCC2)C(C)N)s1. The zero-order chi connectivity index (χ0) is 13.0. The minimum atomic E-state index is 0.0617. The molecule has 0 saturated heterocycles. The van der Waals surface area contributed by atoms with E-state index in [9.17, 15) is 0 Å². The van der Waals surface area contributed by atoms with Crippen LogP contribution in [0.2, 0.25) is 0 Å². The van der Waals surface area contributed by atoms with Crippen LogP contribution in [0.5, 0.6) is 0 Å². The van der Waals surface area contributed by atoms with Crippen LogP contribution in [0.25, 0.3) is 0 Å². The summed E-state index contributed by atoms with van der Waals surface area (Å²) in [6.45, 7) is 5.05. The number of hydrogen-bond acceptors (Lipinski definition) is 3. The molecule has 2 atom stereocenters. The number of aryl methyl sites for hydroxylation is 1. The molecule has 2 rings (SSSR count). The van der Waals surface area contributed by atoms with Gasteiger partial charge in [0.2, 0.25) is 0 Å². The second-order valence-corrected chi connectivity index (χ2v) is 6.88. The third-order valence-electron chi connectivity index (χ3n) is 3.76. The van der Waals surface area contributed by atoms with Gasteiger partial charge >= 0.3 is 0 Å². The monoisotopic (exact) mass is 267 g/mol. The Morgan fingerprint density at radius 1 is 1.33 bits per heavy atom. The molecule has 0 amide bonds. The summed E-state index contributed by atoms with van der Waals surface area (Å²) in [6, 6.07) is 4.38. The van der Waals surface area contributed by atoms with E-state index in [1.165, 1.54) is 41.9 Å². The Balaban J connectivity index is 1.90. The molecule has 0 bridgehead atoms. The molecule has 1 aromatic rings. The molecule has 0 aliphatic heterocycles. The Hall–Kier alpha value is -0.380. The highest BCUT2D eigenvalue weighted by molar-refractivity contribution is 7.12. The van der Waals surface area contributed by atoms with Crippen molar-refractivity contribution in [2.24, 2.45) is 11.7 Å². The van der Waals surface area contributed by atoms with Crippen LogP contribution in [0.4, 0.5) is 0 Å². The van der Waals surface area contributed by atoms with E-state index in [0.717, 1.165) is 12.5 Å². The molecule has 1 saturated carbocycles. The molecule has 2 N–H and O–H groups in total. The first-order chi connectivity index (χ1) is 8.66. The highest BCUT2D eigenvalue weighted by atomic mass is 32.1. The van der Waals surface area contributed by atoms with Gasteiger partial charge in [0.25, 0.3) is 0 Å². The van der Waals surface area contributed by atoms with Crippen LogP contribution < -0.4 is 5.73 Å². The van der Waals surface area contributed by atoms with Gasteiger partial charge in [-0.15, -0.1) is 11.3 Å². The first-order valence-electron chi connectivity index (χ1n) is 7.10. The maximum Gasteiger partial charge on any atom is 0.106 e. The number of hydrogen-bond donors (Lipinski definition) is 1. The predicted molar refractivity (Wildman–Crippen MR) is 78.0 cm³/mol. The fourth-order valence-electron chi connectivity index (χ4n) is 2.69. The molecule has 0 radical (unpaired) electrons. The van der Waals surface area contributed by atoms with Crippen molar-refractivity contribution in [3.8, 4) is 0 Å². The van der Waals surface area contributed by atoms with E-state index in [1.54, 1.807) is 11.3 Å². The maximum atomic E-state index is 6.13. The Bertz CT molecular complexity index is 355. The number of thiophene rings is 1. The van der Waals surface area contributed by atoms with Gasteiger partial charge in [0, 0.05) is 15.8 Å². The minimum absolute atomic E-state index is 0.0617. The highest BCUT2D eigenvalue weighted by Gasteiger charge is 2.21. The lowest BCUT2D eigenvalue weighted by Gasteiger charge is -2.26. The van der Waals surface area contributed by atoms with Crippen molar-refractivity contribution in [2.45, 2.75) is 58.1 Å². The van der Waals surface area contributed by atoms with Gasteiger partial charge in [0.1, 0.15) is 6.10 Å². The largest absolute Gasteiger partial charge is 0.371 e. The summed E-state index contributed by atoms with van der Waals surface area (Å²) in [5.41, 5.74) is 6.08. The first kappa shape index (κ1) is 14.0. The topological polar surface area (TPSA) is 35.2 Å². The molecule has 1 heterocycles. The van der Waals surface area contributed by atoms with Gasteiger partial charge in [-0.2, -0.15) is 0 Å². The third-order valence-corrected chi connectivity index (χ3v) is 4.82. The van der Waals surface area contributed by atoms with E-state index >= 15 is 0 Å². The average molecular weight is 267 g/mol. The van der Waals surface area contributed by atoms with Gasteiger partial charge < -0.3 is 10.5 Å². The number of ether oxygens (including phenoxy) is 1. The van der Waals surface area contributed by atoms with Gasteiger partial charge in [0.15, 0.2) is 0 Å². The van der Waals surface area contributed by atoms with E-state index in [4.69, 9.17) is 10.5 Å². The Morgan fingerprint density at radius 3 is 2.61 bits per heavy atom. The van der Waals surface area contributed by atoms with Gasteiger partial charge in [-0.25, -0.2) is 0 Å². The molecular weight excluding hydrogens is 242 g/mol. The molecule has 102 valence electrons. The van der Waals surface area contributed by atoms with Crippen LogP contribution in [-0.4, -0.2) is 12.6 Å². The van der Waals surface area contributed by atoms with Crippen molar-refractivity contribution < 1.29 is 4.74 Å². The third kappa shape index (κ3) is 3.81. The summed E-state index contributed by atoms with van der Waals surface area (Å²) in [5, 5.41) is 0. The molecule has 0 spiro atoms. The standard InChI is InChI=1S/C15H25NOS/c1-11-8-9-14(18-11)15(12(2)16)17-10-13-6-4-3-5-7-13/h8-9,12-13,15H,3-7,10,16H2,1-2H3. The Morgan fingerprint density at radius 2 is 2.06 bits per heavy atom. The molecule has 1 aromatic heterocycles. The van der Waals surface area contributed by atoms with Crippen LogP contribution in [0, 0.1) is 12.8 Å². The number of rotatable bonds is 5. The van der Waals surface area contributed by atoms with Gasteiger partial charge in [-0.05, 0) is 44.7 Å². The molecule has 1 aliphatic rings. The van der Waals surface area contributed by atoms with Crippen LogP contribution in [0.15, 0.2) is 12.1 Å². The molecule has 1 aliphatic carbocycles. The summed E-state index contributed by atoms with van der Waals surface area (Å²) < 4.78 is 6.13. The Kier molecular flexibility index (Phi) is 5.22. The van der Waals surface area contributed by atoms with Gasteiger partial charge in [0.05, 0.1) is 6.61 Å². The van der Waals surface area contributed by atoms with Crippen molar-refractivity contribution in [1.29, 1.82) is 0 Å². The fraction of sp³-hybridized carbons (Fsp3) is 0.733. The quantitative estimate of drug-likeness (QED) is 0.873. The van der Waals surface area contributed by atoms with Crippen molar-refractivity contribution in [1.82, 2.24) is 0 Å². The fourth-order valence-corrected chi connectivity index (χ4v) is 3.74. The highest BCUT2D eigenvalue weighted by Crippen LogP contribution is 2.30. The summed E-state index contributed by atoms with van der Waals surface area (Å²) in [5.74, 6) is 0.751. The van der Waals surface area contributed by atoms with E-state index in [1.807, 2.05) is 6.92 Å². The molecule has 18 heavy (non-hydrogen) atoms. The second-order valence-electron chi connectivity index (χ2n) is 5.57. The first-order valence-corrected chi connectivity index (χ1v) is 7.92. The van der Waals surface area contributed by atoms with Gasteiger partial charge in [-0.1, -0.05) is 19.3 Å². The summed E-state index contributed by atoms with van der Waals surface area (Å²) in [7, 11) is 0. The summed E-state index contributed by atoms with van der Waals surface area (Å²) in [6.07, 6.45) is 6.87. The number of nitrogens with two attached hydrogens (primary N) is 1. The van der Waals surface area contributed by atoms with Crippen LogP contribution in [-0.2, 0) is 4.74 Å². The smallest absolute Gasteiger partial charge is 0.106 e. The molecule has 2 unspecified atom stereocenters. The second kappa shape index (κ2) is 6.69.